The maximum Gasteiger partial charge on any atom is 0.224 e. The van der Waals surface area contributed by atoms with Gasteiger partial charge in [0.05, 0.1) is 14.2 Å². The molecule has 0 aliphatic rings. The van der Waals surface area contributed by atoms with Gasteiger partial charge in [-0.25, -0.2) is 9.97 Å². The van der Waals surface area contributed by atoms with Gasteiger partial charge in [-0.05, 0) is 35.7 Å². The minimum Gasteiger partial charge on any atom is -0.497 e. The number of rotatable bonds is 6. The van der Waals surface area contributed by atoms with Crippen molar-refractivity contribution >= 4 is 17.4 Å². The Labute approximate surface area is 122 Å². The summed E-state index contributed by atoms with van der Waals surface area (Å²) in [5.41, 5.74) is 1.10. The molecule has 0 bridgehead atoms. The molecule has 0 fully saturated rings. The summed E-state index contributed by atoms with van der Waals surface area (Å²) >= 11 is 5.73. The van der Waals surface area contributed by atoms with Crippen molar-refractivity contribution in [2.75, 3.05) is 26.1 Å². The Morgan fingerprint density at radius 2 is 2.05 bits per heavy atom. The van der Waals surface area contributed by atoms with Crippen molar-refractivity contribution in [1.82, 2.24) is 9.97 Å². The zero-order valence-corrected chi connectivity index (χ0v) is 12.1. The summed E-state index contributed by atoms with van der Waals surface area (Å²) < 4.78 is 10.5. The topological polar surface area (TPSA) is 56.3 Å². The number of anilines is 1. The quantitative estimate of drug-likeness (QED) is 0.830. The summed E-state index contributed by atoms with van der Waals surface area (Å²) in [7, 11) is 3.28. The first-order chi connectivity index (χ1) is 9.72. The lowest BCUT2D eigenvalue weighted by atomic mass is 10.1. The molecule has 106 valence electrons. The van der Waals surface area contributed by atoms with Crippen molar-refractivity contribution in [2.45, 2.75) is 6.42 Å². The van der Waals surface area contributed by atoms with Crippen LogP contribution in [0, 0.1) is 0 Å². The fourth-order valence-corrected chi connectivity index (χ4v) is 1.96. The summed E-state index contributed by atoms with van der Waals surface area (Å²) in [6.45, 7) is 0.718. The Hall–Kier alpha value is -2.01. The van der Waals surface area contributed by atoms with Crippen LogP contribution in [0.4, 0.5) is 5.82 Å². The van der Waals surface area contributed by atoms with E-state index in [4.69, 9.17) is 21.1 Å². The van der Waals surface area contributed by atoms with Crippen LogP contribution in [0.3, 0.4) is 0 Å². The number of ether oxygens (including phenoxy) is 2. The minimum atomic E-state index is 0.233. The van der Waals surface area contributed by atoms with E-state index in [0.29, 0.717) is 5.82 Å². The molecule has 6 heteroatoms. The molecule has 0 amide bonds. The van der Waals surface area contributed by atoms with Gasteiger partial charge in [-0.15, -0.1) is 0 Å². The van der Waals surface area contributed by atoms with E-state index in [-0.39, 0.29) is 5.28 Å². The zero-order chi connectivity index (χ0) is 14.4. The highest BCUT2D eigenvalue weighted by molar-refractivity contribution is 6.28. The van der Waals surface area contributed by atoms with Gasteiger partial charge in [0.1, 0.15) is 17.3 Å². The summed E-state index contributed by atoms with van der Waals surface area (Å²) in [6.07, 6.45) is 2.42. The molecule has 1 heterocycles. The predicted molar refractivity (Wildman–Crippen MR) is 78.8 cm³/mol. The van der Waals surface area contributed by atoms with E-state index in [9.17, 15) is 0 Å². The highest BCUT2D eigenvalue weighted by Crippen LogP contribution is 2.24. The average molecular weight is 294 g/mol. The van der Waals surface area contributed by atoms with Gasteiger partial charge in [-0.1, -0.05) is 6.07 Å². The monoisotopic (exact) mass is 293 g/mol. The fraction of sp³-hybridized carbons (Fsp3) is 0.286. The maximum absolute atomic E-state index is 5.73. The van der Waals surface area contributed by atoms with Gasteiger partial charge in [0.15, 0.2) is 0 Å². The summed E-state index contributed by atoms with van der Waals surface area (Å²) in [4.78, 5) is 7.90. The van der Waals surface area contributed by atoms with Gasteiger partial charge in [0, 0.05) is 18.8 Å². The van der Waals surface area contributed by atoms with Gasteiger partial charge < -0.3 is 14.8 Å². The van der Waals surface area contributed by atoms with Crippen molar-refractivity contribution in [3.8, 4) is 11.5 Å². The van der Waals surface area contributed by atoms with Crippen LogP contribution in [0.2, 0.25) is 5.28 Å². The number of nitrogens with one attached hydrogen (secondary N) is 1. The van der Waals surface area contributed by atoms with E-state index < -0.39 is 0 Å². The molecular formula is C14H16ClN3O2. The maximum atomic E-state index is 5.73. The normalized spacial score (nSPS) is 10.2. The number of methoxy groups -OCH3 is 2. The molecule has 0 aliphatic carbocycles. The van der Waals surface area contributed by atoms with Crippen molar-refractivity contribution in [3.05, 3.63) is 41.3 Å². The molecule has 1 aromatic carbocycles. The lowest BCUT2D eigenvalue weighted by Crippen LogP contribution is -2.07. The molecular weight excluding hydrogens is 278 g/mol. The first-order valence-corrected chi connectivity index (χ1v) is 6.54. The van der Waals surface area contributed by atoms with E-state index in [1.807, 2.05) is 18.2 Å². The van der Waals surface area contributed by atoms with E-state index in [0.717, 1.165) is 30.0 Å². The largest absolute Gasteiger partial charge is 0.497 e. The molecule has 0 saturated heterocycles. The molecule has 0 radical (unpaired) electrons. The van der Waals surface area contributed by atoms with Crippen LogP contribution < -0.4 is 14.8 Å². The first-order valence-electron chi connectivity index (χ1n) is 6.16. The second-order valence-corrected chi connectivity index (χ2v) is 4.40. The van der Waals surface area contributed by atoms with Crippen molar-refractivity contribution < 1.29 is 9.47 Å². The smallest absolute Gasteiger partial charge is 0.224 e. The molecule has 0 unspecified atom stereocenters. The van der Waals surface area contributed by atoms with Gasteiger partial charge in [-0.3, -0.25) is 0 Å². The second-order valence-electron chi connectivity index (χ2n) is 4.07. The minimum absolute atomic E-state index is 0.233. The third kappa shape index (κ3) is 3.74. The van der Waals surface area contributed by atoms with Gasteiger partial charge in [-0.2, -0.15) is 0 Å². The second kappa shape index (κ2) is 6.96. The lowest BCUT2D eigenvalue weighted by molar-refractivity contribution is 0.391. The molecule has 1 aromatic heterocycles. The van der Waals surface area contributed by atoms with Crippen molar-refractivity contribution in [2.24, 2.45) is 0 Å². The molecule has 2 aromatic rings. The Balaban J connectivity index is 1.97. The Morgan fingerprint density at radius 3 is 2.75 bits per heavy atom. The van der Waals surface area contributed by atoms with E-state index in [1.165, 1.54) is 0 Å². The van der Waals surface area contributed by atoms with Crippen LogP contribution in [-0.2, 0) is 6.42 Å². The molecule has 20 heavy (non-hydrogen) atoms. The van der Waals surface area contributed by atoms with Crippen molar-refractivity contribution in [3.63, 3.8) is 0 Å². The van der Waals surface area contributed by atoms with Gasteiger partial charge >= 0.3 is 0 Å². The highest BCUT2D eigenvalue weighted by Gasteiger charge is 2.05. The van der Waals surface area contributed by atoms with Crippen LogP contribution in [0.25, 0.3) is 0 Å². The molecule has 0 spiro atoms. The third-order valence-electron chi connectivity index (χ3n) is 2.82. The fourth-order valence-electron chi connectivity index (χ4n) is 1.82. The molecule has 0 aliphatic heterocycles. The molecule has 0 atom stereocenters. The van der Waals surface area contributed by atoms with Crippen molar-refractivity contribution in [1.29, 1.82) is 0 Å². The molecule has 2 rings (SSSR count). The van der Waals surface area contributed by atoms with Crippen LogP contribution >= 0.6 is 11.6 Å². The van der Waals surface area contributed by atoms with E-state index >= 15 is 0 Å². The van der Waals surface area contributed by atoms with Gasteiger partial charge in [0.25, 0.3) is 0 Å². The zero-order valence-electron chi connectivity index (χ0n) is 11.4. The number of nitrogens with zero attached hydrogens (tertiary/aromatic N) is 2. The number of halogens is 1. The van der Waals surface area contributed by atoms with Gasteiger partial charge in [0.2, 0.25) is 5.28 Å². The Bertz CT molecular complexity index is 578. The molecule has 5 nitrogen and oxygen atoms in total. The van der Waals surface area contributed by atoms with E-state index in [1.54, 1.807) is 26.5 Å². The number of benzene rings is 1. The number of hydrogen-bond acceptors (Lipinski definition) is 5. The number of hydrogen-bond donors (Lipinski definition) is 1. The van der Waals surface area contributed by atoms with Crippen LogP contribution in [-0.4, -0.2) is 30.7 Å². The number of aromatic nitrogens is 2. The average Bonchev–Trinajstić information content (AvgIpc) is 2.47. The summed E-state index contributed by atoms with van der Waals surface area (Å²) in [5.74, 6) is 2.30. The highest BCUT2D eigenvalue weighted by atomic mass is 35.5. The first kappa shape index (κ1) is 14.4. The Kier molecular flexibility index (Phi) is 5.01. The summed E-state index contributed by atoms with van der Waals surface area (Å²) in [6, 6.07) is 7.56. The molecule has 1 N–H and O–H groups in total. The van der Waals surface area contributed by atoms with Crippen LogP contribution in [0.15, 0.2) is 30.5 Å². The molecule has 0 saturated carbocycles. The Morgan fingerprint density at radius 1 is 1.20 bits per heavy atom. The third-order valence-corrected chi connectivity index (χ3v) is 3.00. The van der Waals surface area contributed by atoms with Crippen LogP contribution in [0.1, 0.15) is 5.56 Å². The van der Waals surface area contributed by atoms with E-state index in [2.05, 4.69) is 15.3 Å². The van der Waals surface area contributed by atoms with Crippen LogP contribution in [0.5, 0.6) is 11.5 Å². The standard InChI is InChI=1S/C14H16ClN3O2/c1-19-11-4-3-10(12(9-11)20-2)5-7-16-13-6-8-17-14(15)18-13/h3-4,6,8-9H,5,7H2,1-2H3,(H,16,17,18). The predicted octanol–water partition coefficient (Wildman–Crippen LogP) is 2.80. The SMILES string of the molecule is COc1ccc(CCNc2ccnc(Cl)n2)c(OC)c1. The summed E-state index contributed by atoms with van der Waals surface area (Å²) in [5, 5.41) is 3.42. The lowest BCUT2D eigenvalue weighted by Gasteiger charge is -2.11.